The minimum Gasteiger partial charge on any atom is -0.351 e. The summed E-state index contributed by atoms with van der Waals surface area (Å²) < 4.78 is 23.9. The summed E-state index contributed by atoms with van der Waals surface area (Å²) in [6.07, 6.45) is 5.03. The largest absolute Gasteiger partial charge is 0.351 e. The van der Waals surface area contributed by atoms with Crippen LogP contribution in [0.15, 0.2) is 23.2 Å². The summed E-state index contributed by atoms with van der Waals surface area (Å²) >= 11 is 0. The highest BCUT2D eigenvalue weighted by atomic mass is 32.2. The molecule has 1 aromatic heterocycles. The van der Waals surface area contributed by atoms with E-state index in [4.69, 9.17) is 0 Å². The van der Waals surface area contributed by atoms with Gasteiger partial charge in [-0.15, -0.1) is 0 Å². The van der Waals surface area contributed by atoms with Crippen molar-refractivity contribution in [2.75, 3.05) is 24.2 Å². The third kappa shape index (κ3) is 4.17. The van der Waals surface area contributed by atoms with E-state index in [1.807, 2.05) is 0 Å². The third-order valence-electron chi connectivity index (χ3n) is 3.67. The number of aromatic nitrogens is 1. The maximum Gasteiger partial charge on any atom is 0.179 e. The first-order valence-electron chi connectivity index (χ1n) is 7.35. The van der Waals surface area contributed by atoms with Crippen LogP contribution in [0.4, 0.5) is 5.82 Å². The van der Waals surface area contributed by atoms with Crippen LogP contribution in [0.25, 0.3) is 0 Å². The van der Waals surface area contributed by atoms with Crippen molar-refractivity contribution < 1.29 is 8.42 Å². The van der Waals surface area contributed by atoms with Crippen molar-refractivity contribution in [2.45, 2.75) is 50.1 Å². The highest BCUT2D eigenvalue weighted by molar-refractivity contribution is 7.90. The van der Waals surface area contributed by atoms with Gasteiger partial charge in [0.25, 0.3) is 0 Å². The summed E-state index contributed by atoms with van der Waals surface area (Å²) in [5.74, 6) is 0.596. The quantitative estimate of drug-likeness (QED) is 0.919. The van der Waals surface area contributed by atoms with E-state index in [0.29, 0.717) is 16.8 Å². The molecular formula is C15H25N3O2S. The fourth-order valence-electron chi connectivity index (χ4n) is 2.64. The number of nitrogens with one attached hydrogen (secondary N) is 1. The molecule has 1 atom stereocenters. The fourth-order valence-corrected chi connectivity index (χ4v) is 3.47. The maximum atomic E-state index is 12.0. The van der Waals surface area contributed by atoms with E-state index in [-0.39, 0.29) is 5.54 Å². The zero-order chi connectivity index (χ0) is 15.7. The average Bonchev–Trinajstić information content (AvgIpc) is 2.82. The molecule has 1 aliphatic heterocycles. The fraction of sp³-hybridized carbons (Fsp3) is 0.667. The van der Waals surface area contributed by atoms with E-state index in [1.165, 1.54) is 6.26 Å². The zero-order valence-corrected chi connectivity index (χ0v) is 14.1. The number of nitrogens with zero attached hydrogens (tertiary/aromatic N) is 2. The lowest BCUT2D eigenvalue weighted by molar-refractivity contribution is 0.404. The molecule has 5 nitrogen and oxygen atoms in total. The monoisotopic (exact) mass is 311 g/mol. The molecule has 1 unspecified atom stereocenters. The Bertz CT molecular complexity index is 593. The molecular weight excluding hydrogens is 286 g/mol. The lowest BCUT2D eigenvalue weighted by Crippen LogP contribution is -2.45. The van der Waals surface area contributed by atoms with Gasteiger partial charge >= 0.3 is 0 Å². The summed E-state index contributed by atoms with van der Waals surface area (Å²) in [6, 6.07) is 3.61. The molecule has 0 radical (unpaired) electrons. The third-order valence-corrected chi connectivity index (χ3v) is 4.79. The molecule has 0 amide bonds. The Morgan fingerprint density at radius 2 is 2.14 bits per heavy atom. The van der Waals surface area contributed by atoms with Gasteiger partial charge in [-0.05, 0) is 45.7 Å². The summed E-state index contributed by atoms with van der Waals surface area (Å²) in [5, 5.41) is 3.50. The molecule has 2 rings (SSSR count). The van der Waals surface area contributed by atoms with Crippen molar-refractivity contribution in [3.05, 3.63) is 18.3 Å². The summed E-state index contributed by atoms with van der Waals surface area (Å²) in [6.45, 7) is 8.10. The summed E-state index contributed by atoms with van der Waals surface area (Å²) in [4.78, 5) is 6.80. The Morgan fingerprint density at radius 1 is 1.43 bits per heavy atom. The Labute approximate surface area is 127 Å². The van der Waals surface area contributed by atoms with E-state index in [1.54, 1.807) is 18.3 Å². The van der Waals surface area contributed by atoms with Crippen LogP contribution in [-0.2, 0) is 9.84 Å². The Balaban J connectivity index is 2.25. The van der Waals surface area contributed by atoms with Crippen molar-refractivity contribution in [2.24, 2.45) is 0 Å². The van der Waals surface area contributed by atoms with Crippen molar-refractivity contribution in [3.8, 4) is 0 Å². The predicted molar refractivity (Wildman–Crippen MR) is 85.5 cm³/mol. The first-order valence-corrected chi connectivity index (χ1v) is 9.24. The molecule has 0 bridgehead atoms. The van der Waals surface area contributed by atoms with Crippen molar-refractivity contribution in [3.63, 3.8) is 0 Å². The van der Waals surface area contributed by atoms with Gasteiger partial charge < -0.3 is 10.2 Å². The Kier molecular flexibility index (Phi) is 4.58. The molecule has 1 N–H and O–H groups in total. The molecule has 1 aliphatic rings. The second-order valence-corrected chi connectivity index (χ2v) is 8.70. The van der Waals surface area contributed by atoms with Gasteiger partial charge in [0.15, 0.2) is 9.84 Å². The predicted octanol–water partition coefficient (Wildman–Crippen LogP) is 1.84. The molecule has 118 valence electrons. The Hall–Kier alpha value is -1.14. The molecule has 0 aliphatic carbocycles. The van der Waals surface area contributed by atoms with Crippen LogP contribution in [0, 0.1) is 0 Å². The second kappa shape index (κ2) is 5.93. The van der Waals surface area contributed by atoms with Crippen LogP contribution in [0.1, 0.15) is 33.6 Å². The smallest absolute Gasteiger partial charge is 0.179 e. The van der Waals surface area contributed by atoms with Crippen LogP contribution in [0.5, 0.6) is 0 Å². The number of pyridine rings is 1. The van der Waals surface area contributed by atoms with Gasteiger partial charge in [0.1, 0.15) is 10.7 Å². The van der Waals surface area contributed by atoms with Gasteiger partial charge in [0.2, 0.25) is 0 Å². The van der Waals surface area contributed by atoms with Crippen molar-refractivity contribution >= 4 is 15.7 Å². The van der Waals surface area contributed by atoms with Gasteiger partial charge in [0, 0.05) is 37.1 Å². The van der Waals surface area contributed by atoms with Crippen LogP contribution in [0.2, 0.25) is 0 Å². The van der Waals surface area contributed by atoms with E-state index in [2.05, 4.69) is 36.0 Å². The highest BCUT2D eigenvalue weighted by Gasteiger charge is 2.30. The van der Waals surface area contributed by atoms with Gasteiger partial charge in [-0.1, -0.05) is 0 Å². The van der Waals surface area contributed by atoms with Gasteiger partial charge in [-0.25, -0.2) is 13.4 Å². The van der Waals surface area contributed by atoms with E-state index in [9.17, 15) is 8.42 Å². The molecule has 1 saturated heterocycles. The lowest BCUT2D eigenvalue weighted by Gasteiger charge is -2.30. The maximum absolute atomic E-state index is 12.0. The molecule has 1 aromatic rings. The zero-order valence-electron chi connectivity index (χ0n) is 13.3. The van der Waals surface area contributed by atoms with Crippen LogP contribution in [-0.4, -0.2) is 44.3 Å². The van der Waals surface area contributed by atoms with Gasteiger partial charge in [-0.2, -0.15) is 0 Å². The lowest BCUT2D eigenvalue weighted by atomic mass is 10.1. The summed E-state index contributed by atoms with van der Waals surface area (Å²) in [7, 11) is -3.26. The number of sulfone groups is 1. The van der Waals surface area contributed by atoms with E-state index in [0.717, 1.165) is 25.9 Å². The van der Waals surface area contributed by atoms with Gasteiger partial charge in [0.05, 0.1) is 0 Å². The molecule has 1 fully saturated rings. The van der Waals surface area contributed by atoms with Crippen LogP contribution in [0.3, 0.4) is 0 Å². The highest BCUT2D eigenvalue weighted by Crippen LogP contribution is 2.29. The number of anilines is 1. The van der Waals surface area contributed by atoms with Gasteiger partial charge in [-0.3, -0.25) is 0 Å². The first kappa shape index (κ1) is 16.2. The van der Waals surface area contributed by atoms with Crippen molar-refractivity contribution in [1.29, 1.82) is 0 Å². The van der Waals surface area contributed by atoms with Crippen LogP contribution >= 0.6 is 0 Å². The standard InChI is InChI=1S/C15H25N3O2S/c1-15(2,3)17-11-12-7-6-10-18(12)14-13(21(4,19)20)8-5-9-16-14/h5,8-9,12,17H,6-7,10-11H2,1-4H3. The van der Waals surface area contributed by atoms with Crippen molar-refractivity contribution in [1.82, 2.24) is 10.3 Å². The minimum atomic E-state index is -3.26. The number of rotatable bonds is 4. The first-order chi connectivity index (χ1) is 9.68. The molecule has 0 spiro atoms. The molecule has 6 heteroatoms. The number of hydrogen-bond donors (Lipinski definition) is 1. The van der Waals surface area contributed by atoms with Crippen LogP contribution < -0.4 is 10.2 Å². The SMILES string of the molecule is CC(C)(C)NCC1CCCN1c1ncccc1S(C)(=O)=O. The molecule has 0 aromatic carbocycles. The Morgan fingerprint density at radius 3 is 2.76 bits per heavy atom. The number of hydrogen-bond acceptors (Lipinski definition) is 5. The molecule has 2 heterocycles. The summed E-state index contributed by atoms with van der Waals surface area (Å²) in [5.41, 5.74) is 0.0536. The second-order valence-electron chi connectivity index (χ2n) is 6.72. The molecule has 21 heavy (non-hydrogen) atoms. The normalized spacial score (nSPS) is 20.0. The average molecular weight is 311 g/mol. The topological polar surface area (TPSA) is 62.3 Å². The van der Waals surface area contributed by atoms with E-state index >= 15 is 0 Å². The van der Waals surface area contributed by atoms with E-state index < -0.39 is 9.84 Å². The minimum absolute atomic E-state index is 0.0536. The molecule has 0 saturated carbocycles.